The number of rotatable bonds is 5. The summed E-state index contributed by atoms with van der Waals surface area (Å²) in [5.74, 6) is 0. The van der Waals surface area contributed by atoms with Gasteiger partial charge in [0.1, 0.15) is 0 Å². The number of nitrogens with zero attached hydrogens (tertiary/aromatic N) is 1. The third-order valence-corrected chi connectivity index (χ3v) is 1.84. The molecule has 4 heteroatoms. The molecule has 3 N–H and O–H groups in total. The summed E-state index contributed by atoms with van der Waals surface area (Å²) in [4.78, 5) is 4.10. The van der Waals surface area contributed by atoms with Gasteiger partial charge in [-0.1, -0.05) is 0 Å². The van der Waals surface area contributed by atoms with Crippen molar-refractivity contribution in [1.82, 2.24) is 4.98 Å². The highest BCUT2D eigenvalue weighted by Gasteiger charge is 2.11. The molecule has 15 heavy (non-hydrogen) atoms. The first-order valence-electron chi connectivity index (χ1n) is 5.16. The molecule has 1 rings (SSSR count). The minimum Gasteiger partial charge on any atom is -0.389 e. The van der Waals surface area contributed by atoms with E-state index in [1.807, 2.05) is 13.0 Å². The van der Waals surface area contributed by atoms with Crippen LogP contribution in [0.1, 0.15) is 20.8 Å². The predicted molar refractivity (Wildman–Crippen MR) is 63.2 cm³/mol. The molecule has 0 aliphatic heterocycles. The molecule has 84 valence electrons. The number of nitrogens with one attached hydrogen (secondary N) is 2. The SMILES string of the molecule is CCNc1cncc(NCC(C)(C)O)c1. The molecule has 0 atom stereocenters. The second-order valence-electron chi connectivity index (χ2n) is 4.16. The molecule has 1 heterocycles. The van der Waals surface area contributed by atoms with Crippen molar-refractivity contribution in [2.24, 2.45) is 0 Å². The first kappa shape index (κ1) is 11.8. The van der Waals surface area contributed by atoms with E-state index in [0.29, 0.717) is 6.54 Å². The highest BCUT2D eigenvalue weighted by molar-refractivity contribution is 5.53. The number of hydrogen-bond acceptors (Lipinski definition) is 4. The fraction of sp³-hybridized carbons (Fsp3) is 0.545. The third kappa shape index (κ3) is 4.65. The fourth-order valence-electron chi connectivity index (χ4n) is 1.16. The van der Waals surface area contributed by atoms with Crippen molar-refractivity contribution in [1.29, 1.82) is 0 Å². The minimum absolute atomic E-state index is 0.504. The van der Waals surface area contributed by atoms with Gasteiger partial charge >= 0.3 is 0 Å². The van der Waals surface area contributed by atoms with E-state index in [0.717, 1.165) is 17.9 Å². The van der Waals surface area contributed by atoms with E-state index in [1.54, 1.807) is 26.2 Å². The Bertz CT molecular complexity index is 307. The minimum atomic E-state index is -0.714. The molecule has 0 saturated heterocycles. The monoisotopic (exact) mass is 209 g/mol. The van der Waals surface area contributed by atoms with Crippen LogP contribution in [-0.2, 0) is 0 Å². The Kier molecular flexibility index (Phi) is 3.91. The van der Waals surface area contributed by atoms with E-state index in [1.165, 1.54) is 0 Å². The molecule has 0 saturated carbocycles. The Labute approximate surface area is 90.7 Å². The highest BCUT2D eigenvalue weighted by atomic mass is 16.3. The lowest BCUT2D eigenvalue weighted by Crippen LogP contribution is -2.29. The largest absolute Gasteiger partial charge is 0.389 e. The van der Waals surface area contributed by atoms with Crippen molar-refractivity contribution in [2.45, 2.75) is 26.4 Å². The number of aromatic nitrogens is 1. The van der Waals surface area contributed by atoms with Crippen LogP contribution in [0.4, 0.5) is 11.4 Å². The number of aliphatic hydroxyl groups is 1. The Hall–Kier alpha value is -1.29. The Balaban J connectivity index is 2.57. The van der Waals surface area contributed by atoms with Crippen LogP contribution in [-0.4, -0.2) is 28.8 Å². The van der Waals surface area contributed by atoms with Gasteiger partial charge < -0.3 is 15.7 Å². The van der Waals surface area contributed by atoms with E-state index < -0.39 is 5.60 Å². The van der Waals surface area contributed by atoms with Gasteiger partial charge in [0.05, 0.1) is 29.4 Å². The van der Waals surface area contributed by atoms with E-state index in [2.05, 4.69) is 15.6 Å². The van der Waals surface area contributed by atoms with Gasteiger partial charge in [-0.15, -0.1) is 0 Å². The zero-order valence-corrected chi connectivity index (χ0v) is 9.54. The van der Waals surface area contributed by atoms with Crippen LogP contribution >= 0.6 is 0 Å². The van der Waals surface area contributed by atoms with E-state index in [4.69, 9.17) is 0 Å². The van der Waals surface area contributed by atoms with E-state index in [-0.39, 0.29) is 0 Å². The second-order valence-corrected chi connectivity index (χ2v) is 4.16. The standard InChI is InChI=1S/C11H19N3O/c1-4-13-9-5-10(7-12-6-9)14-8-11(2,3)15/h5-7,13-15H,4,8H2,1-3H3. The van der Waals surface area contributed by atoms with E-state index >= 15 is 0 Å². The Morgan fingerprint density at radius 2 is 1.87 bits per heavy atom. The third-order valence-electron chi connectivity index (χ3n) is 1.84. The molecule has 0 amide bonds. The average Bonchev–Trinajstić information content (AvgIpc) is 2.15. The van der Waals surface area contributed by atoms with Crippen LogP contribution in [0.15, 0.2) is 18.5 Å². The van der Waals surface area contributed by atoms with Crippen LogP contribution in [0.3, 0.4) is 0 Å². The van der Waals surface area contributed by atoms with Crippen LogP contribution in [0.2, 0.25) is 0 Å². The van der Waals surface area contributed by atoms with Gasteiger partial charge in [0, 0.05) is 13.1 Å². The predicted octanol–water partition coefficient (Wildman–Crippen LogP) is 1.70. The quantitative estimate of drug-likeness (QED) is 0.691. The molecular weight excluding hydrogens is 190 g/mol. The smallest absolute Gasteiger partial charge is 0.0763 e. The van der Waals surface area contributed by atoms with Crippen LogP contribution in [0.5, 0.6) is 0 Å². The lowest BCUT2D eigenvalue weighted by Gasteiger charge is -2.18. The maximum absolute atomic E-state index is 9.55. The summed E-state index contributed by atoms with van der Waals surface area (Å²) in [5.41, 5.74) is 1.18. The maximum Gasteiger partial charge on any atom is 0.0763 e. The summed E-state index contributed by atoms with van der Waals surface area (Å²) >= 11 is 0. The van der Waals surface area contributed by atoms with Gasteiger partial charge in [-0.2, -0.15) is 0 Å². The molecule has 0 aromatic carbocycles. The summed E-state index contributed by atoms with van der Waals surface area (Å²) in [6.45, 7) is 6.95. The number of hydrogen-bond donors (Lipinski definition) is 3. The Morgan fingerprint density at radius 1 is 1.27 bits per heavy atom. The number of pyridine rings is 1. The Morgan fingerprint density at radius 3 is 2.40 bits per heavy atom. The molecule has 0 aliphatic rings. The van der Waals surface area contributed by atoms with Crippen LogP contribution in [0, 0.1) is 0 Å². The van der Waals surface area contributed by atoms with Gasteiger partial charge in [0.15, 0.2) is 0 Å². The summed E-state index contributed by atoms with van der Waals surface area (Å²) < 4.78 is 0. The molecule has 0 fully saturated rings. The maximum atomic E-state index is 9.55. The van der Waals surface area contributed by atoms with Gasteiger partial charge in [-0.25, -0.2) is 0 Å². The van der Waals surface area contributed by atoms with Crippen molar-refractivity contribution >= 4 is 11.4 Å². The first-order chi connectivity index (χ1) is 7.01. The van der Waals surface area contributed by atoms with Crippen molar-refractivity contribution in [3.05, 3.63) is 18.5 Å². The summed E-state index contributed by atoms with van der Waals surface area (Å²) in [6.07, 6.45) is 3.52. The van der Waals surface area contributed by atoms with Crippen LogP contribution < -0.4 is 10.6 Å². The molecule has 4 nitrogen and oxygen atoms in total. The average molecular weight is 209 g/mol. The van der Waals surface area contributed by atoms with Crippen LogP contribution in [0.25, 0.3) is 0 Å². The van der Waals surface area contributed by atoms with E-state index in [9.17, 15) is 5.11 Å². The zero-order valence-electron chi connectivity index (χ0n) is 9.54. The molecular formula is C11H19N3O. The van der Waals surface area contributed by atoms with Crippen molar-refractivity contribution in [3.8, 4) is 0 Å². The topological polar surface area (TPSA) is 57.2 Å². The van der Waals surface area contributed by atoms with Crippen molar-refractivity contribution in [3.63, 3.8) is 0 Å². The lowest BCUT2D eigenvalue weighted by atomic mass is 10.1. The molecule has 0 bridgehead atoms. The van der Waals surface area contributed by atoms with Crippen molar-refractivity contribution in [2.75, 3.05) is 23.7 Å². The van der Waals surface area contributed by atoms with Gasteiger partial charge in [-0.3, -0.25) is 4.98 Å². The van der Waals surface area contributed by atoms with Gasteiger partial charge in [-0.05, 0) is 26.8 Å². The molecule has 0 unspecified atom stereocenters. The zero-order chi connectivity index (χ0) is 11.3. The number of anilines is 2. The van der Waals surface area contributed by atoms with Gasteiger partial charge in [0.25, 0.3) is 0 Å². The van der Waals surface area contributed by atoms with Crippen molar-refractivity contribution < 1.29 is 5.11 Å². The second kappa shape index (κ2) is 4.98. The molecule has 1 aromatic heterocycles. The highest BCUT2D eigenvalue weighted by Crippen LogP contribution is 2.13. The molecule has 0 aliphatic carbocycles. The fourth-order valence-corrected chi connectivity index (χ4v) is 1.16. The summed E-state index contributed by atoms with van der Waals surface area (Å²) in [7, 11) is 0. The summed E-state index contributed by atoms with van der Waals surface area (Å²) in [6, 6.07) is 1.97. The molecule has 0 spiro atoms. The first-order valence-corrected chi connectivity index (χ1v) is 5.16. The normalized spacial score (nSPS) is 11.2. The lowest BCUT2D eigenvalue weighted by molar-refractivity contribution is 0.0945. The van der Waals surface area contributed by atoms with Gasteiger partial charge in [0.2, 0.25) is 0 Å². The molecule has 1 aromatic rings. The molecule has 0 radical (unpaired) electrons. The summed E-state index contributed by atoms with van der Waals surface area (Å²) in [5, 5.41) is 15.9.